The third-order valence-corrected chi connectivity index (χ3v) is 4.78. The number of nitrogens with one attached hydrogen (secondary N) is 1. The Morgan fingerprint density at radius 1 is 1.21 bits per heavy atom. The summed E-state index contributed by atoms with van der Waals surface area (Å²) in [7, 11) is 0. The lowest BCUT2D eigenvalue weighted by Crippen LogP contribution is -2.22. The van der Waals surface area contributed by atoms with Gasteiger partial charge in [0, 0.05) is 23.6 Å². The Morgan fingerprint density at radius 2 is 1.93 bits per heavy atom. The van der Waals surface area contributed by atoms with E-state index in [2.05, 4.69) is 20.5 Å². The van der Waals surface area contributed by atoms with E-state index in [4.69, 9.17) is 16.0 Å². The van der Waals surface area contributed by atoms with E-state index in [1.54, 1.807) is 31.5 Å². The van der Waals surface area contributed by atoms with E-state index in [1.165, 1.54) is 6.07 Å². The number of amides is 1. The second kappa shape index (κ2) is 8.19. The van der Waals surface area contributed by atoms with Gasteiger partial charge in [-0.05, 0) is 37.3 Å². The molecule has 0 bridgehead atoms. The molecule has 11 heteroatoms. The molecule has 2 aromatic heterocycles. The summed E-state index contributed by atoms with van der Waals surface area (Å²) in [6.07, 6.45) is -1.47. The van der Waals surface area contributed by atoms with Crippen LogP contribution >= 0.6 is 23.4 Å². The largest absolute Gasteiger partial charge is 0.417 e. The molecule has 0 aliphatic heterocycles. The first-order chi connectivity index (χ1) is 13.2. The van der Waals surface area contributed by atoms with E-state index in [0.717, 1.165) is 23.9 Å². The van der Waals surface area contributed by atoms with Crippen LogP contribution in [-0.4, -0.2) is 26.3 Å². The van der Waals surface area contributed by atoms with E-state index in [-0.39, 0.29) is 16.8 Å². The number of pyridine rings is 1. The molecule has 0 saturated heterocycles. The summed E-state index contributed by atoms with van der Waals surface area (Å²) >= 11 is 6.55. The second-order valence-electron chi connectivity index (χ2n) is 5.55. The lowest BCUT2D eigenvalue weighted by Gasteiger charge is -2.13. The van der Waals surface area contributed by atoms with Crippen LogP contribution in [0.15, 0.2) is 52.4 Å². The van der Waals surface area contributed by atoms with Gasteiger partial charge in [0.1, 0.15) is 0 Å². The van der Waals surface area contributed by atoms with Gasteiger partial charge in [0.2, 0.25) is 11.8 Å². The lowest BCUT2D eigenvalue weighted by molar-refractivity contribution is -0.137. The lowest BCUT2D eigenvalue weighted by atomic mass is 10.2. The van der Waals surface area contributed by atoms with Crippen molar-refractivity contribution in [2.45, 2.75) is 23.6 Å². The maximum absolute atomic E-state index is 12.9. The fourth-order valence-electron chi connectivity index (χ4n) is 2.14. The summed E-state index contributed by atoms with van der Waals surface area (Å²) < 4.78 is 44.3. The quantitative estimate of drug-likeness (QED) is 0.581. The zero-order chi connectivity index (χ0) is 20.3. The number of nitrogens with zero attached hydrogens (tertiary/aromatic N) is 3. The Balaban J connectivity index is 1.67. The van der Waals surface area contributed by atoms with Crippen molar-refractivity contribution in [3.05, 3.63) is 53.3 Å². The summed E-state index contributed by atoms with van der Waals surface area (Å²) in [6.45, 7) is 1.57. The Morgan fingerprint density at radius 3 is 2.61 bits per heavy atom. The highest BCUT2D eigenvalue weighted by Gasteiger charge is 2.33. The van der Waals surface area contributed by atoms with Gasteiger partial charge in [-0.15, -0.1) is 10.2 Å². The zero-order valence-electron chi connectivity index (χ0n) is 14.2. The van der Waals surface area contributed by atoms with Gasteiger partial charge in [-0.25, -0.2) is 0 Å². The minimum absolute atomic E-state index is 0.0165. The molecule has 2 heterocycles. The van der Waals surface area contributed by atoms with Crippen LogP contribution in [0.1, 0.15) is 12.5 Å². The van der Waals surface area contributed by atoms with Crippen LogP contribution in [0.3, 0.4) is 0 Å². The van der Waals surface area contributed by atoms with Gasteiger partial charge >= 0.3 is 6.18 Å². The van der Waals surface area contributed by atoms with Crippen LogP contribution in [0.2, 0.25) is 5.02 Å². The standard InChI is InChI=1S/C17H12ClF3N4O2S/c1-9(28-16-25-24-15(27-16)10-4-6-22-7-5-10)14(26)23-11-2-3-13(18)12(8-11)17(19,20)21/h2-9H,1H3,(H,23,26). The summed E-state index contributed by atoms with van der Waals surface area (Å²) in [4.78, 5) is 16.2. The van der Waals surface area contributed by atoms with Crippen molar-refractivity contribution in [2.75, 3.05) is 5.32 Å². The first-order valence-electron chi connectivity index (χ1n) is 7.82. The highest BCUT2D eigenvalue weighted by atomic mass is 35.5. The van der Waals surface area contributed by atoms with Gasteiger partial charge in [-0.2, -0.15) is 13.2 Å². The number of rotatable bonds is 5. The molecule has 0 radical (unpaired) electrons. The highest BCUT2D eigenvalue weighted by Crippen LogP contribution is 2.36. The average Bonchev–Trinajstić information content (AvgIpc) is 3.11. The number of carbonyl (C=O) groups excluding carboxylic acids is 1. The molecule has 0 aliphatic carbocycles. The van der Waals surface area contributed by atoms with Gasteiger partial charge in [0.15, 0.2) is 0 Å². The molecule has 0 spiro atoms. The van der Waals surface area contributed by atoms with E-state index in [1.807, 2.05) is 0 Å². The van der Waals surface area contributed by atoms with Crippen molar-refractivity contribution in [1.29, 1.82) is 0 Å². The maximum Gasteiger partial charge on any atom is 0.417 e. The predicted molar refractivity (Wildman–Crippen MR) is 97.9 cm³/mol. The Bertz CT molecular complexity index is 982. The SMILES string of the molecule is CC(Sc1nnc(-c2ccncc2)o1)C(=O)Nc1ccc(Cl)c(C(F)(F)F)c1. The first-order valence-corrected chi connectivity index (χ1v) is 9.08. The summed E-state index contributed by atoms with van der Waals surface area (Å²) in [6, 6.07) is 6.54. The number of anilines is 1. The molecule has 1 atom stereocenters. The Labute approximate surface area is 166 Å². The van der Waals surface area contributed by atoms with Gasteiger partial charge < -0.3 is 9.73 Å². The topological polar surface area (TPSA) is 80.9 Å². The van der Waals surface area contributed by atoms with Crippen molar-refractivity contribution in [1.82, 2.24) is 15.2 Å². The highest BCUT2D eigenvalue weighted by molar-refractivity contribution is 8.00. The molecule has 3 aromatic rings. The van der Waals surface area contributed by atoms with Crippen LogP contribution in [0.25, 0.3) is 11.5 Å². The van der Waals surface area contributed by atoms with Crippen LogP contribution in [0.4, 0.5) is 18.9 Å². The number of aromatic nitrogens is 3. The molecule has 146 valence electrons. The third kappa shape index (κ3) is 4.82. The smallest absolute Gasteiger partial charge is 0.411 e. The van der Waals surface area contributed by atoms with Crippen molar-refractivity contribution in [3.63, 3.8) is 0 Å². The molecule has 1 N–H and O–H groups in total. The van der Waals surface area contributed by atoms with Gasteiger partial charge in [-0.1, -0.05) is 23.4 Å². The number of hydrogen-bond acceptors (Lipinski definition) is 6. The number of hydrogen-bond donors (Lipinski definition) is 1. The fourth-order valence-corrected chi connectivity index (χ4v) is 3.05. The van der Waals surface area contributed by atoms with Gasteiger partial charge in [-0.3, -0.25) is 9.78 Å². The molecule has 6 nitrogen and oxygen atoms in total. The first kappa shape index (κ1) is 20.2. The molecule has 0 saturated carbocycles. The Hall–Kier alpha value is -2.59. The minimum atomic E-state index is -4.62. The minimum Gasteiger partial charge on any atom is -0.411 e. The van der Waals surface area contributed by atoms with Gasteiger partial charge in [0.05, 0.1) is 15.8 Å². The van der Waals surface area contributed by atoms with Crippen molar-refractivity contribution < 1.29 is 22.4 Å². The average molecular weight is 429 g/mol. The number of alkyl halides is 3. The number of carbonyl (C=O) groups is 1. The van der Waals surface area contributed by atoms with E-state index >= 15 is 0 Å². The van der Waals surface area contributed by atoms with E-state index in [0.29, 0.717) is 5.56 Å². The number of benzene rings is 1. The van der Waals surface area contributed by atoms with Crippen molar-refractivity contribution in [3.8, 4) is 11.5 Å². The second-order valence-corrected chi connectivity index (χ2v) is 7.25. The van der Waals surface area contributed by atoms with Crippen LogP contribution in [0, 0.1) is 0 Å². The molecule has 0 fully saturated rings. The third-order valence-electron chi connectivity index (χ3n) is 3.52. The van der Waals surface area contributed by atoms with E-state index < -0.39 is 27.9 Å². The number of thioether (sulfide) groups is 1. The van der Waals surface area contributed by atoms with Crippen LogP contribution < -0.4 is 5.32 Å². The summed E-state index contributed by atoms with van der Waals surface area (Å²) in [5.41, 5.74) is -0.365. The maximum atomic E-state index is 12.9. The summed E-state index contributed by atoms with van der Waals surface area (Å²) in [5.74, 6) is -0.255. The van der Waals surface area contributed by atoms with Crippen LogP contribution in [0.5, 0.6) is 0 Å². The normalized spacial score (nSPS) is 12.6. The molecule has 1 unspecified atom stereocenters. The molecule has 3 rings (SSSR count). The molecule has 1 aromatic carbocycles. The molecule has 28 heavy (non-hydrogen) atoms. The van der Waals surface area contributed by atoms with E-state index in [9.17, 15) is 18.0 Å². The van der Waals surface area contributed by atoms with Crippen molar-refractivity contribution in [2.24, 2.45) is 0 Å². The molecule has 1 amide bonds. The molecule has 0 aliphatic rings. The molecular formula is C17H12ClF3N4O2S. The fraction of sp³-hybridized carbons (Fsp3) is 0.176. The Kier molecular flexibility index (Phi) is 5.90. The van der Waals surface area contributed by atoms with Gasteiger partial charge in [0.25, 0.3) is 5.22 Å². The summed E-state index contributed by atoms with van der Waals surface area (Å²) in [5, 5.41) is 9.19. The predicted octanol–water partition coefficient (Wildman–Crippen LogP) is 4.92. The molecular weight excluding hydrogens is 417 g/mol. The van der Waals surface area contributed by atoms with Crippen molar-refractivity contribution >= 4 is 35.0 Å². The number of halogens is 4. The monoisotopic (exact) mass is 428 g/mol. The zero-order valence-corrected chi connectivity index (χ0v) is 15.8. The van der Waals surface area contributed by atoms with Crippen LogP contribution in [-0.2, 0) is 11.0 Å².